The number of fused-ring (bicyclic) bond motifs is 1. The number of pyridine rings is 1. The Kier molecular flexibility index (Phi) is 7.83. The summed E-state index contributed by atoms with van der Waals surface area (Å²) < 4.78 is 18.3. The molecule has 0 aliphatic heterocycles. The lowest BCUT2D eigenvalue weighted by atomic mass is 10.1. The number of aromatic amines is 1. The summed E-state index contributed by atoms with van der Waals surface area (Å²) in [4.78, 5) is 11.5. The van der Waals surface area contributed by atoms with Crippen LogP contribution in [0.4, 0.5) is 4.39 Å². The zero-order valence-corrected chi connectivity index (χ0v) is 17.6. The average Bonchev–Trinajstić information content (AvgIpc) is 3.07. The van der Waals surface area contributed by atoms with Crippen LogP contribution in [0.1, 0.15) is 11.1 Å². The number of guanidine groups is 1. The Labute approximate surface area is 174 Å². The van der Waals surface area contributed by atoms with Gasteiger partial charge in [0, 0.05) is 49.5 Å². The minimum absolute atomic E-state index is 0. The molecule has 3 N–H and O–H groups in total. The highest BCUT2D eigenvalue weighted by molar-refractivity contribution is 14.0. The molecule has 0 atom stereocenters. The van der Waals surface area contributed by atoms with Crippen LogP contribution in [-0.2, 0) is 13.0 Å². The van der Waals surface area contributed by atoms with Crippen molar-refractivity contribution < 1.29 is 9.13 Å². The van der Waals surface area contributed by atoms with Gasteiger partial charge in [-0.15, -0.1) is 24.0 Å². The molecule has 8 heteroatoms. The van der Waals surface area contributed by atoms with Crippen LogP contribution < -0.4 is 15.4 Å². The Bertz CT molecular complexity index is 895. The molecule has 0 aliphatic rings. The Morgan fingerprint density at radius 3 is 2.81 bits per heavy atom. The fourth-order valence-electron chi connectivity index (χ4n) is 2.72. The van der Waals surface area contributed by atoms with Crippen LogP contribution in [0.2, 0.25) is 0 Å². The van der Waals surface area contributed by atoms with Crippen LogP contribution in [0.3, 0.4) is 0 Å². The summed E-state index contributed by atoms with van der Waals surface area (Å²) in [5.41, 5.74) is 2.99. The van der Waals surface area contributed by atoms with Crippen molar-refractivity contribution in [2.75, 3.05) is 20.7 Å². The largest absolute Gasteiger partial charge is 0.481 e. The van der Waals surface area contributed by atoms with Gasteiger partial charge in [0.2, 0.25) is 5.88 Å². The summed E-state index contributed by atoms with van der Waals surface area (Å²) in [6, 6.07) is 8.58. The summed E-state index contributed by atoms with van der Waals surface area (Å²) in [5.74, 6) is 1.07. The first-order chi connectivity index (χ1) is 12.7. The van der Waals surface area contributed by atoms with Crippen molar-refractivity contribution in [1.82, 2.24) is 20.6 Å². The second kappa shape index (κ2) is 10.1. The number of methoxy groups -OCH3 is 1. The van der Waals surface area contributed by atoms with Crippen molar-refractivity contribution in [3.63, 3.8) is 0 Å². The van der Waals surface area contributed by atoms with Crippen LogP contribution in [0, 0.1) is 5.82 Å². The highest BCUT2D eigenvalue weighted by Gasteiger charge is 2.05. The van der Waals surface area contributed by atoms with Gasteiger partial charge < -0.3 is 20.4 Å². The first-order valence-corrected chi connectivity index (χ1v) is 8.38. The third-order valence-corrected chi connectivity index (χ3v) is 4.11. The van der Waals surface area contributed by atoms with Crippen molar-refractivity contribution >= 4 is 40.8 Å². The molecule has 2 aromatic heterocycles. The first kappa shape index (κ1) is 20.9. The smallest absolute Gasteiger partial charge is 0.212 e. The third kappa shape index (κ3) is 5.56. The number of hydrogen-bond acceptors (Lipinski definition) is 3. The van der Waals surface area contributed by atoms with Gasteiger partial charge >= 0.3 is 0 Å². The predicted octanol–water partition coefficient (Wildman–Crippen LogP) is 3.24. The van der Waals surface area contributed by atoms with E-state index in [1.807, 2.05) is 18.3 Å². The molecule has 3 aromatic rings. The van der Waals surface area contributed by atoms with Crippen molar-refractivity contribution in [3.8, 4) is 5.88 Å². The van der Waals surface area contributed by atoms with Crippen molar-refractivity contribution in [2.24, 2.45) is 4.99 Å². The highest BCUT2D eigenvalue weighted by atomic mass is 127. The van der Waals surface area contributed by atoms with E-state index >= 15 is 0 Å². The highest BCUT2D eigenvalue weighted by Crippen LogP contribution is 2.19. The number of rotatable bonds is 6. The van der Waals surface area contributed by atoms with Gasteiger partial charge in [-0.3, -0.25) is 4.99 Å². The number of ether oxygens (including phenoxy) is 1. The van der Waals surface area contributed by atoms with Crippen LogP contribution in [0.5, 0.6) is 5.88 Å². The summed E-state index contributed by atoms with van der Waals surface area (Å²) in [5, 5.41) is 7.57. The molecular weight excluding hydrogens is 460 g/mol. The minimum atomic E-state index is -0.235. The van der Waals surface area contributed by atoms with Gasteiger partial charge in [-0.2, -0.15) is 0 Å². The first-order valence-electron chi connectivity index (χ1n) is 8.38. The fraction of sp³-hybridized carbons (Fsp3) is 0.263. The van der Waals surface area contributed by atoms with E-state index in [-0.39, 0.29) is 29.8 Å². The molecule has 27 heavy (non-hydrogen) atoms. The number of aromatic nitrogens is 2. The maximum absolute atomic E-state index is 13.2. The maximum Gasteiger partial charge on any atom is 0.212 e. The topological polar surface area (TPSA) is 74.3 Å². The molecule has 0 radical (unpaired) electrons. The number of nitrogens with zero attached hydrogens (tertiary/aromatic N) is 2. The van der Waals surface area contributed by atoms with Crippen LogP contribution in [0.15, 0.2) is 47.7 Å². The number of halogens is 2. The van der Waals surface area contributed by atoms with Gasteiger partial charge in [-0.1, -0.05) is 6.07 Å². The summed E-state index contributed by atoms with van der Waals surface area (Å²) in [6.07, 6.45) is 4.49. The van der Waals surface area contributed by atoms with Gasteiger partial charge in [0.1, 0.15) is 5.82 Å². The van der Waals surface area contributed by atoms with Gasteiger partial charge in [0.25, 0.3) is 0 Å². The van der Waals surface area contributed by atoms with Gasteiger partial charge in [-0.25, -0.2) is 9.37 Å². The standard InChI is InChI=1S/C19H22FN5O.HI/c1-21-19(25-11-13-3-6-18(26-2)24-10-13)22-8-7-14-12-23-17-9-15(20)4-5-16(14)17;/h3-6,9-10,12,23H,7-8,11H2,1-2H3,(H2,21,22,25);1H. The SMILES string of the molecule is CN=C(NCCc1c[nH]c2cc(F)ccc12)NCc1ccc(OC)nc1.I. The molecule has 0 amide bonds. The maximum atomic E-state index is 13.2. The number of benzene rings is 1. The van der Waals surface area contributed by atoms with Crippen molar-refractivity contribution in [1.29, 1.82) is 0 Å². The average molecular weight is 483 g/mol. The number of H-pyrrole nitrogens is 1. The normalized spacial score (nSPS) is 11.1. The number of aliphatic imine (C=N–C) groups is 1. The van der Waals surface area contributed by atoms with E-state index in [1.165, 1.54) is 12.1 Å². The zero-order chi connectivity index (χ0) is 18.4. The lowest BCUT2D eigenvalue weighted by molar-refractivity contribution is 0.397. The zero-order valence-electron chi connectivity index (χ0n) is 15.3. The van der Waals surface area contributed by atoms with E-state index in [2.05, 4.69) is 25.6 Å². The third-order valence-electron chi connectivity index (χ3n) is 4.11. The molecule has 0 aliphatic carbocycles. The fourth-order valence-corrected chi connectivity index (χ4v) is 2.72. The van der Waals surface area contributed by atoms with Gasteiger partial charge in [-0.05, 0) is 35.7 Å². The van der Waals surface area contributed by atoms with Gasteiger partial charge in [0.15, 0.2) is 5.96 Å². The molecule has 144 valence electrons. The molecule has 0 bridgehead atoms. The van der Waals surface area contributed by atoms with E-state index in [4.69, 9.17) is 4.74 Å². The molecule has 0 saturated carbocycles. The quantitative estimate of drug-likeness (QED) is 0.286. The Hall–Kier alpha value is -2.36. The molecule has 0 spiro atoms. The molecule has 6 nitrogen and oxygen atoms in total. The van der Waals surface area contributed by atoms with Crippen LogP contribution in [0.25, 0.3) is 10.9 Å². The van der Waals surface area contributed by atoms with E-state index in [0.717, 1.165) is 28.5 Å². The van der Waals surface area contributed by atoms with E-state index in [9.17, 15) is 4.39 Å². The second-order valence-electron chi connectivity index (χ2n) is 5.82. The predicted molar refractivity (Wildman–Crippen MR) is 116 cm³/mol. The van der Waals surface area contributed by atoms with Crippen molar-refractivity contribution in [2.45, 2.75) is 13.0 Å². The summed E-state index contributed by atoms with van der Waals surface area (Å²) in [6.45, 7) is 1.33. The van der Waals surface area contributed by atoms with E-state index in [0.29, 0.717) is 24.9 Å². The molecule has 0 unspecified atom stereocenters. The molecular formula is C19H23FIN5O. The lowest BCUT2D eigenvalue weighted by Crippen LogP contribution is -2.37. The molecule has 1 aromatic carbocycles. The summed E-state index contributed by atoms with van der Waals surface area (Å²) >= 11 is 0. The van der Waals surface area contributed by atoms with E-state index in [1.54, 1.807) is 26.4 Å². The molecule has 3 rings (SSSR count). The van der Waals surface area contributed by atoms with Crippen molar-refractivity contribution in [3.05, 3.63) is 59.7 Å². The van der Waals surface area contributed by atoms with Crippen LogP contribution >= 0.6 is 24.0 Å². The molecule has 0 saturated heterocycles. The lowest BCUT2D eigenvalue weighted by Gasteiger charge is -2.12. The Morgan fingerprint density at radius 1 is 1.26 bits per heavy atom. The van der Waals surface area contributed by atoms with E-state index < -0.39 is 0 Å². The van der Waals surface area contributed by atoms with Gasteiger partial charge in [0.05, 0.1) is 7.11 Å². The summed E-state index contributed by atoms with van der Waals surface area (Å²) in [7, 11) is 3.33. The molecule has 2 heterocycles. The second-order valence-corrected chi connectivity index (χ2v) is 5.82. The molecule has 0 fully saturated rings. The number of nitrogens with one attached hydrogen (secondary N) is 3. The number of hydrogen-bond donors (Lipinski definition) is 3. The van der Waals surface area contributed by atoms with Crippen LogP contribution in [-0.4, -0.2) is 36.6 Å². The minimum Gasteiger partial charge on any atom is -0.481 e. The Balaban J connectivity index is 0.00000261. The monoisotopic (exact) mass is 483 g/mol. The Morgan fingerprint density at radius 2 is 2.11 bits per heavy atom.